The molecule has 0 bridgehead atoms. The first-order valence-corrected chi connectivity index (χ1v) is 12.8. The van der Waals surface area contributed by atoms with E-state index >= 15 is 0 Å². The first-order chi connectivity index (χ1) is 16.8. The number of rotatable bonds is 5. The smallest absolute Gasteiger partial charge is 0.225 e. The molecule has 184 valence electrons. The van der Waals surface area contributed by atoms with E-state index in [1.807, 2.05) is 19.1 Å². The number of anilines is 1. The summed E-state index contributed by atoms with van der Waals surface area (Å²) in [5, 5.41) is 35.2. The topological polar surface area (TPSA) is 116 Å². The van der Waals surface area contributed by atoms with E-state index < -0.39 is 11.5 Å². The zero-order valence-corrected chi connectivity index (χ0v) is 20.8. The van der Waals surface area contributed by atoms with E-state index in [-0.39, 0.29) is 41.9 Å². The maximum atomic E-state index is 13.3. The van der Waals surface area contributed by atoms with Gasteiger partial charge in [-0.05, 0) is 54.9 Å². The Balaban J connectivity index is 1.56. The molecular formula is C27H31N3O4S. The molecule has 4 N–H and O–H groups in total. The van der Waals surface area contributed by atoms with E-state index in [1.165, 1.54) is 0 Å². The Bertz CT molecular complexity index is 1230. The van der Waals surface area contributed by atoms with Gasteiger partial charge in [0, 0.05) is 40.6 Å². The number of carbonyl (C=O) groups excluding carboxylic acids is 1. The van der Waals surface area contributed by atoms with Crippen molar-refractivity contribution in [1.82, 2.24) is 9.97 Å². The summed E-state index contributed by atoms with van der Waals surface area (Å²) >= 11 is 1.61. The molecule has 2 aromatic heterocycles. The van der Waals surface area contributed by atoms with Crippen LogP contribution in [0, 0.1) is 16.7 Å². The van der Waals surface area contributed by atoms with Gasteiger partial charge in [-0.25, -0.2) is 4.98 Å². The number of fused-ring (bicyclic) bond motifs is 2. The molecule has 1 amide bonds. The minimum Gasteiger partial charge on any atom is -0.506 e. The third kappa shape index (κ3) is 4.03. The van der Waals surface area contributed by atoms with Crippen molar-refractivity contribution in [3.63, 3.8) is 0 Å². The lowest BCUT2D eigenvalue weighted by Gasteiger charge is -2.58. The summed E-state index contributed by atoms with van der Waals surface area (Å²) in [4.78, 5) is 23.6. The molecule has 3 aromatic rings. The molecule has 0 unspecified atom stereocenters. The van der Waals surface area contributed by atoms with Crippen LogP contribution in [0.15, 0.2) is 48.8 Å². The summed E-state index contributed by atoms with van der Waals surface area (Å²) in [5.74, 6) is -0.379. The van der Waals surface area contributed by atoms with Crippen LogP contribution in [0.3, 0.4) is 0 Å². The van der Waals surface area contributed by atoms with Gasteiger partial charge in [0.2, 0.25) is 5.91 Å². The van der Waals surface area contributed by atoms with Crippen molar-refractivity contribution >= 4 is 22.9 Å². The van der Waals surface area contributed by atoms with Gasteiger partial charge in [0.15, 0.2) is 0 Å². The fourth-order valence-corrected chi connectivity index (χ4v) is 7.38. The second-order valence-corrected chi connectivity index (χ2v) is 11.5. The zero-order valence-electron chi connectivity index (χ0n) is 19.9. The molecule has 0 radical (unpaired) electrons. The average molecular weight is 494 g/mol. The van der Waals surface area contributed by atoms with Crippen molar-refractivity contribution in [2.45, 2.75) is 51.6 Å². The maximum absolute atomic E-state index is 13.3. The number of nitrogens with one attached hydrogen (secondary N) is 1. The third-order valence-electron chi connectivity index (χ3n) is 8.37. The molecule has 0 saturated heterocycles. The molecule has 2 heterocycles. The van der Waals surface area contributed by atoms with Crippen LogP contribution in [0.1, 0.15) is 49.6 Å². The number of thiazole rings is 1. The second-order valence-electron chi connectivity index (χ2n) is 10.4. The molecule has 35 heavy (non-hydrogen) atoms. The third-order valence-corrected chi connectivity index (χ3v) is 9.51. The number of aromatic hydroxyl groups is 1. The molecule has 2 aliphatic carbocycles. The number of benzene rings is 1. The Morgan fingerprint density at radius 1 is 1.23 bits per heavy atom. The zero-order chi connectivity index (χ0) is 24.8. The van der Waals surface area contributed by atoms with E-state index in [2.05, 4.69) is 17.2 Å². The van der Waals surface area contributed by atoms with Gasteiger partial charge < -0.3 is 20.6 Å². The number of aliphatic hydroxyl groups is 2. The summed E-state index contributed by atoms with van der Waals surface area (Å²) in [6.45, 7) is 4.03. The van der Waals surface area contributed by atoms with Gasteiger partial charge in [-0.15, -0.1) is 11.3 Å². The molecule has 1 saturated carbocycles. The highest BCUT2D eigenvalue weighted by Crippen LogP contribution is 2.63. The monoisotopic (exact) mass is 493 g/mol. The number of nitrogens with zero attached hydrogens (tertiary/aromatic N) is 2. The Labute approximate surface area is 208 Å². The van der Waals surface area contributed by atoms with E-state index in [9.17, 15) is 20.1 Å². The van der Waals surface area contributed by atoms with Gasteiger partial charge in [-0.1, -0.05) is 26.0 Å². The quantitative estimate of drug-likeness (QED) is 0.393. The lowest BCUT2D eigenvalue weighted by atomic mass is 9.47. The number of carbonyl (C=O) groups is 1. The average Bonchev–Trinajstić information content (AvgIpc) is 3.29. The number of aromatic nitrogens is 2. The molecular weight excluding hydrogens is 462 g/mol. The van der Waals surface area contributed by atoms with Crippen molar-refractivity contribution in [2.75, 3.05) is 11.9 Å². The summed E-state index contributed by atoms with van der Waals surface area (Å²) in [7, 11) is 0. The fraction of sp³-hybridized carbons (Fsp3) is 0.444. The van der Waals surface area contributed by atoms with Crippen molar-refractivity contribution in [1.29, 1.82) is 0 Å². The van der Waals surface area contributed by atoms with Gasteiger partial charge >= 0.3 is 0 Å². The van der Waals surface area contributed by atoms with Gasteiger partial charge in [-0.2, -0.15) is 0 Å². The Morgan fingerprint density at radius 3 is 2.74 bits per heavy atom. The molecule has 1 aromatic carbocycles. The number of phenols is 1. The fourth-order valence-electron chi connectivity index (χ4n) is 6.22. The van der Waals surface area contributed by atoms with Gasteiger partial charge in [0.1, 0.15) is 10.8 Å². The minimum absolute atomic E-state index is 0.0126. The molecule has 5 rings (SSSR count). The number of pyridine rings is 1. The molecule has 5 atom stereocenters. The normalized spacial score (nSPS) is 29.8. The van der Waals surface area contributed by atoms with Crippen molar-refractivity contribution < 1.29 is 20.1 Å². The van der Waals surface area contributed by atoms with E-state index in [0.717, 1.165) is 27.6 Å². The van der Waals surface area contributed by atoms with Gasteiger partial charge in [0.25, 0.3) is 0 Å². The molecule has 0 aliphatic heterocycles. The maximum Gasteiger partial charge on any atom is 0.225 e. The minimum atomic E-state index is -0.671. The predicted molar refractivity (Wildman–Crippen MR) is 135 cm³/mol. The largest absolute Gasteiger partial charge is 0.506 e. The molecule has 8 heteroatoms. The van der Waals surface area contributed by atoms with E-state index in [1.54, 1.807) is 48.0 Å². The molecule has 0 spiro atoms. The Morgan fingerprint density at radius 2 is 2.03 bits per heavy atom. The van der Waals surface area contributed by atoms with Gasteiger partial charge in [0.05, 0.1) is 24.1 Å². The number of amides is 1. The lowest BCUT2D eigenvalue weighted by Crippen LogP contribution is -2.57. The summed E-state index contributed by atoms with van der Waals surface area (Å²) in [6.07, 6.45) is 5.12. The van der Waals surface area contributed by atoms with Crippen LogP contribution in [0.4, 0.5) is 5.69 Å². The standard InChI is InChI=1S/C27H31N3O4S/c1-26-10-9-22(33)27(2,15-31)21(26)13-20-24(30-25(35-20)16-6-5-11-28-14-16)17(26)12-23(34)29-18-7-3-4-8-19(18)32/h3-8,11,14,17,21-22,31-33H,9-10,12-13,15H2,1-2H3,(H,29,34)/t17-,21+,22-,26+,27+/m1/s1. The second kappa shape index (κ2) is 9.00. The van der Waals surface area contributed by atoms with Crippen LogP contribution in [0.2, 0.25) is 0 Å². The van der Waals surface area contributed by atoms with Crippen LogP contribution < -0.4 is 5.32 Å². The van der Waals surface area contributed by atoms with E-state index in [4.69, 9.17) is 4.98 Å². The lowest BCUT2D eigenvalue weighted by molar-refractivity contribution is -0.143. The van der Waals surface area contributed by atoms with Crippen molar-refractivity contribution in [2.24, 2.45) is 16.7 Å². The van der Waals surface area contributed by atoms with Gasteiger partial charge in [-0.3, -0.25) is 9.78 Å². The highest BCUT2D eigenvalue weighted by molar-refractivity contribution is 7.15. The van der Waals surface area contributed by atoms with Crippen LogP contribution in [-0.4, -0.2) is 43.9 Å². The summed E-state index contributed by atoms with van der Waals surface area (Å²) in [6, 6.07) is 10.6. The SMILES string of the molecule is C[C@]1(CO)[C@H]2Cc3sc(-c4cccnc4)nc3[C@@H](CC(=O)Nc3ccccc3O)[C@]2(C)CC[C@H]1O. The van der Waals surface area contributed by atoms with Crippen LogP contribution in [-0.2, 0) is 11.2 Å². The number of hydrogen-bond donors (Lipinski definition) is 4. The van der Waals surface area contributed by atoms with Crippen LogP contribution in [0.5, 0.6) is 5.75 Å². The molecule has 7 nitrogen and oxygen atoms in total. The Hall–Kier alpha value is -2.81. The molecule has 1 fully saturated rings. The highest BCUT2D eigenvalue weighted by Gasteiger charge is 2.59. The van der Waals surface area contributed by atoms with Crippen molar-refractivity contribution in [3.05, 3.63) is 59.4 Å². The molecule has 2 aliphatic rings. The van der Waals surface area contributed by atoms with Crippen LogP contribution >= 0.6 is 11.3 Å². The first-order valence-electron chi connectivity index (χ1n) is 12.0. The summed E-state index contributed by atoms with van der Waals surface area (Å²) in [5.41, 5.74) is 1.23. The number of aliphatic hydroxyl groups excluding tert-OH is 2. The number of para-hydroxylation sites is 2. The van der Waals surface area contributed by atoms with E-state index in [0.29, 0.717) is 18.5 Å². The highest BCUT2D eigenvalue weighted by atomic mass is 32.1. The van der Waals surface area contributed by atoms with Crippen molar-refractivity contribution in [3.8, 4) is 16.3 Å². The summed E-state index contributed by atoms with van der Waals surface area (Å²) < 4.78 is 0. The predicted octanol–water partition coefficient (Wildman–Crippen LogP) is 4.36. The Kier molecular flexibility index (Phi) is 6.15. The number of phenolic OH excluding ortho intramolecular Hbond substituents is 1. The van der Waals surface area contributed by atoms with Crippen LogP contribution in [0.25, 0.3) is 10.6 Å². The first kappa shape index (κ1) is 23.9. The number of hydrogen-bond acceptors (Lipinski definition) is 7.